The lowest BCUT2D eigenvalue weighted by Crippen LogP contribution is -2.36. The third kappa shape index (κ3) is 7.33. The molecule has 1 aliphatic carbocycles. The Morgan fingerprint density at radius 2 is 1.88 bits per heavy atom. The average Bonchev–Trinajstić information content (AvgIpc) is 2.58. The van der Waals surface area contributed by atoms with Crippen LogP contribution < -0.4 is 15.4 Å². The lowest BCUT2D eigenvalue weighted by Gasteiger charge is -2.22. The Hall–Kier alpha value is -2.24. The normalized spacial score (nSPS) is 15.2. The summed E-state index contributed by atoms with van der Waals surface area (Å²) in [5, 5.41) is 5.73. The number of hydrogen-bond donors (Lipinski definition) is 2. The molecule has 1 aliphatic rings. The SMILES string of the molecule is CC(C)(C)OC(=O)NCCOc1cccc(C(=O)NC2CCCCC2)c1. The van der Waals surface area contributed by atoms with E-state index >= 15 is 0 Å². The highest BCUT2D eigenvalue weighted by Gasteiger charge is 2.17. The van der Waals surface area contributed by atoms with Crippen LogP contribution in [0.2, 0.25) is 0 Å². The standard InChI is InChI=1S/C20H30N2O4/c1-20(2,3)26-19(24)21-12-13-25-17-11-7-8-15(14-17)18(23)22-16-9-5-4-6-10-16/h7-8,11,14,16H,4-6,9-10,12-13H2,1-3H3,(H,21,24)(H,22,23). The molecular formula is C20H30N2O4. The first-order valence-electron chi connectivity index (χ1n) is 9.34. The van der Waals surface area contributed by atoms with Crippen LogP contribution in [-0.4, -0.2) is 36.8 Å². The van der Waals surface area contributed by atoms with E-state index in [1.807, 2.05) is 20.8 Å². The van der Waals surface area contributed by atoms with Gasteiger partial charge < -0.3 is 20.1 Å². The quantitative estimate of drug-likeness (QED) is 0.757. The summed E-state index contributed by atoms with van der Waals surface area (Å²) in [6.07, 6.45) is 5.25. The minimum absolute atomic E-state index is 0.0609. The number of hydrogen-bond acceptors (Lipinski definition) is 4. The molecule has 144 valence electrons. The molecule has 1 saturated carbocycles. The fraction of sp³-hybridized carbons (Fsp3) is 0.600. The molecule has 2 N–H and O–H groups in total. The molecule has 26 heavy (non-hydrogen) atoms. The van der Waals surface area contributed by atoms with Crippen LogP contribution in [0.5, 0.6) is 5.75 Å². The molecule has 1 fully saturated rings. The van der Waals surface area contributed by atoms with Gasteiger partial charge in [-0.1, -0.05) is 25.3 Å². The van der Waals surface area contributed by atoms with E-state index in [1.165, 1.54) is 19.3 Å². The highest BCUT2D eigenvalue weighted by Crippen LogP contribution is 2.19. The van der Waals surface area contributed by atoms with Crippen LogP contribution in [0.25, 0.3) is 0 Å². The van der Waals surface area contributed by atoms with Crippen molar-refractivity contribution in [2.75, 3.05) is 13.2 Å². The number of amides is 2. The zero-order valence-corrected chi connectivity index (χ0v) is 16.0. The molecule has 0 spiro atoms. The van der Waals surface area contributed by atoms with E-state index in [2.05, 4.69) is 10.6 Å². The number of alkyl carbamates (subject to hydrolysis) is 1. The molecule has 1 aromatic carbocycles. The number of benzene rings is 1. The zero-order valence-electron chi connectivity index (χ0n) is 16.0. The molecule has 0 radical (unpaired) electrons. The van der Waals surface area contributed by atoms with Crippen molar-refractivity contribution >= 4 is 12.0 Å². The zero-order chi connectivity index (χ0) is 19.0. The van der Waals surface area contributed by atoms with Crippen LogP contribution in [0.15, 0.2) is 24.3 Å². The largest absolute Gasteiger partial charge is 0.492 e. The van der Waals surface area contributed by atoms with Gasteiger partial charge in [-0.2, -0.15) is 0 Å². The Bertz CT molecular complexity index is 604. The van der Waals surface area contributed by atoms with Gasteiger partial charge in [0.25, 0.3) is 5.91 Å². The molecule has 0 atom stereocenters. The summed E-state index contributed by atoms with van der Waals surface area (Å²) >= 11 is 0. The monoisotopic (exact) mass is 362 g/mol. The van der Waals surface area contributed by atoms with Gasteiger partial charge in [-0.15, -0.1) is 0 Å². The summed E-state index contributed by atoms with van der Waals surface area (Å²) in [6.45, 7) is 6.06. The molecule has 6 nitrogen and oxygen atoms in total. The van der Waals surface area contributed by atoms with Gasteiger partial charge in [0.1, 0.15) is 18.0 Å². The molecule has 0 heterocycles. The third-order valence-corrected chi connectivity index (χ3v) is 4.08. The second-order valence-electron chi connectivity index (χ2n) is 7.61. The van der Waals surface area contributed by atoms with E-state index in [-0.39, 0.29) is 11.9 Å². The molecule has 2 rings (SSSR count). The first kappa shape index (κ1) is 20.1. The summed E-state index contributed by atoms with van der Waals surface area (Å²) in [5.41, 5.74) is 0.0681. The van der Waals surface area contributed by atoms with E-state index in [0.29, 0.717) is 24.5 Å². The number of rotatable bonds is 6. The Labute approximate surface area is 155 Å². The predicted octanol–water partition coefficient (Wildman–Crippen LogP) is 3.65. The van der Waals surface area contributed by atoms with E-state index < -0.39 is 11.7 Å². The molecule has 0 aromatic heterocycles. The maximum atomic E-state index is 12.4. The minimum Gasteiger partial charge on any atom is -0.492 e. The van der Waals surface area contributed by atoms with Crippen molar-refractivity contribution in [3.8, 4) is 5.75 Å². The van der Waals surface area contributed by atoms with E-state index in [9.17, 15) is 9.59 Å². The van der Waals surface area contributed by atoms with Crippen LogP contribution in [0, 0.1) is 0 Å². The number of ether oxygens (including phenoxy) is 2. The second-order valence-corrected chi connectivity index (χ2v) is 7.61. The van der Waals surface area contributed by atoms with Gasteiger partial charge in [-0.05, 0) is 51.8 Å². The molecule has 0 saturated heterocycles. The summed E-state index contributed by atoms with van der Waals surface area (Å²) in [5.74, 6) is 0.543. The van der Waals surface area contributed by atoms with Crippen molar-refractivity contribution in [1.29, 1.82) is 0 Å². The fourth-order valence-corrected chi connectivity index (χ4v) is 2.88. The van der Waals surface area contributed by atoms with Crippen molar-refractivity contribution in [2.45, 2.75) is 64.5 Å². The van der Waals surface area contributed by atoms with Gasteiger partial charge in [-0.3, -0.25) is 4.79 Å². The maximum absolute atomic E-state index is 12.4. The van der Waals surface area contributed by atoms with Gasteiger partial charge in [0.15, 0.2) is 0 Å². The van der Waals surface area contributed by atoms with Gasteiger partial charge >= 0.3 is 6.09 Å². The lowest BCUT2D eigenvalue weighted by molar-refractivity contribution is 0.0520. The van der Waals surface area contributed by atoms with Crippen LogP contribution in [0.1, 0.15) is 63.2 Å². The average molecular weight is 362 g/mol. The van der Waals surface area contributed by atoms with Crippen molar-refractivity contribution in [1.82, 2.24) is 10.6 Å². The Kier molecular flexibility index (Phi) is 7.30. The van der Waals surface area contributed by atoms with E-state index in [1.54, 1.807) is 24.3 Å². The number of nitrogens with one attached hydrogen (secondary N) is 2. The van der Waals surface area contributed by atoms with Crippen LogP contribution >= 0.6 is 0 Å². The van der Waals surface area contributed by atoms with Crippen molar-refractivity contribution < 1.29 is 19.1 Å². The number of carbonyl (C=O) groups is 2. The summed E-state index contributed by atoms with van der Waals surface area (Å²) in [6, 6.07) is 7.38. The lowest BCUT2D eigenvalue weighted by atomic mass is 9.95. The molecule has 6 heteroatoms. The van der Waals surface area contributed by atoms with E-state index in [0.717, 1.165) is 12.8 Å². The molecule has 0 aliphatic heterocycles. The van der Waals surface area contributed by atoms with Crippen LogP contribution in [-0.2, 0) is 4.74 Å². The van der Waals surface area contributed by atoms with E-state index in [4.69, 9.17) is 9.47 Å². The molecule has 2 amide bonds. The number of carbonyl (C=O) groups excluding carboxylic acids is 2. The summed E-state index contributed by atoms with van der Waals surface area (Å²) < 4.78 is 10.8. The van der Waals surface area contributed by atoms with Crippen molar-refractivity contribution in [3.63, 3.8) is 0 Å². The van der Waals surface area contributed by atoms with Gasteiger partial charge in [0.05, 0.1) is 6.54 Å². The molecule has 0 unspecified atom stereocenters. The second kappa shape index (κ2) is 9.46. The Morgan fingerprint density at radius 3 is 2.58 bits per heavy atom. The maximum Gasteiger partial charge on any atom is 0.407 e. The fourth-order valence-electron chi connectivity index (χ4n) is 2.88. The molecule has 0 bridgehead atoms. The Morgan fingerprint density at radius 1 is 1.15 bits per heavy atom. The molecular weight excluding hydrogens is 332 g/mol. The Balaban J connectivity index is 1.75. The summed E-state index contributed by atoms with van der Waals surface area (Å²) in [7, 11) is 0. The summed E-state index contributed by atoms with van der Waals surface area (Å²) in [4.78, 5) is 23.9. The van der Waals surface area contributed by atoms with Crippen LogP contribution in [0.4, 0.5) is 4.79 Å². The predicted molar refractivity (Wildman–Crippen MR) is 101 cm³/mol. The smallest absolute Gasteiger partial charge is 0.407 e. The van der Waals surface area contributed by atoms with Gasteiger partial charge in [0.2, 0.25) is 0 Å². The first-order valence-corrected chi connectivity index (χ1v) is 9.34. The minimum atomic E-state index is -0.523. The van der Waals surface area contributed by atoms with Crippen molar-refractivity contribution in [2.24, 2.45) is 0 Å². The topological polar surface area (TPSA) is 76.7 Å². The van der Waals surface area contributed by atoms with Gasteiger partial charge in [-0.25, -0.2) is 4.79 Å². The van der Waals surface area contributed by atoms with Crippen LogP contribution in [0.3, 0.4) is 0 Å². The third-order valence-electron chi connectivity index (χ3n) is 4.08. The van der Waals surface area contributed by atoms with Crippen molar-refractivity contribution in [3.05, 3.63) is 29.8 Å². The first-order chi connectivity index (χ1) is 12.3. The van der Waals surface area contributed by atoms with Gasteiger partial charge in [0, 0.05) is 11.6 Å². The molecule has 1 aromatic rings. The highest BCUT2D eigenvalue weighted by molar-refractivity contribution is 5.94. The highest BCUT2D eigenvalue weighted by atomic mass is 16.6.